The van der Waals surface area contributed by atoms with Crippen LogP contribution in [0.1, 0.15) is 15.4 Å². The zero-order chi connectivity index (χ0) is 16.4. The summed E-state index contributed by atoms with van der Waals surface area (Å²) in [5.74, 6) is -0.344. The average molecular weight is 339 g/mol. The molecule has 3 aromatic rings. The average Bonchev–Trinajstić information content (AvgIpc) is 3.13. The third-order valence-corrected chi connectivity index (χ3v) is 4.32. The van der Waals surface area contributed by atoms with Crippen molar-refractivity contribution >= 4 is 27.3 Å². The molecular weight excluding hydrogens is 327 g/mol. The van der Waals surface area contributed by atoms with Crippen LogP contribution in [0.4, 0.5) is 13.2 Å². The van der Waals surface area contributed by atoms with Crippen LogP contribution in [-0.2, 0) is 6.54 Å². The van der Waals surface area contributed by atoms with Gasteiger partial charge in [-0.25, -0.2) is 0 Å². The number of benzene rings is 1. The van der Waals surface area contributed by atoms with Crippen molar-refractivity contribution in [3.05, 3.63) is 59.4 Å². The molecule has 3 nitrogen and oxygen atoms in total. The van der Waals surface area contributed by atoms with Gasteiger partial charge in [0, 0.05) is 4.70 Å². The molecule has 120 valence electrons. The second kappa shape index (κ2) is 6.08. The zero-order valence-electron chi connectivity index (χ0n) is 11.8. The second-order valence-electron chi connectivity index (χ2n) is 5.00. The number of alkyl halides is 3. The van der Waals surface area contributed by atoms with Crippen molar-refractivity contribution < 1.29 is 22.4 Å². The molecule has 0 fully saturated rings. The summed E-state index contributed by atoms with van der Waals surface area (Å²) in [7, 11) is 0. The van der Waals surface area contributed by atoms with E-state index >= 15 is 0 Å². The van der Waals surface area contributed by atoms with Crippen LogP contribution < -0.4 is 0 Å². The molecule has 7 heteroatoms. The number of hydrogen-bond acceptors (Lipinski definition) is 3. The summed E-state index contributed by atoms with van der Waals surface area (Å²) in [4.78, 5) is 13.5. The summed E-state index contributed by atoms with van der Waals surface area (Å²) in [5.41, 5.74) is 0. The molecule has 1 amide bonds. The van der Waals surface area contributed by atoms with Crippen LogP contribution in [0.5, 0.6) is 0 Å². The Labute approximate surface area is 133 Å². The summed E-state index contributed by atoms with van der Waals surface area (Å²) in [6, 6.07) is 12.0. The molecule has 0 spiro atoms. The topological polar surface area (TPSA) is 33.5 Å². The molecule has 2 aromatic heterocycles. The SMILES string of the molecule is O=C(c1cc2ccccc2s1)N(Cc1ccco1)CC(F)(F)F. The first-order chi connectivity index (χ1) is 10.9. The summed E-state index contributed by atoms with van der Waals surface area (Å²) in [6.45, 7) is -1.54. The van der Waals surface area contributed by atoms with Gasteiger partial charge in [0.25, 0.3) is 5.91 Å². The molecule has 1 aromatic carbocycles. The summed E-state index contributed by atoms with van der Waals surface area (Å²) < 4.78 is 44.3. The minimum absolute atomic E-state index is 0.223. The van der Waals surface area contributed by atoms with Crippen LogP contribution in [0.25, 0.3) is 10.1 Å². The predicted octanol–water partition coefficient (Wildman–Crippen LogP) is 4.70. The van der Waals surface area contributed by atoms with Gasteiger partial charge in [-0.05, 0) is 29.7 Å². The minimum Gasteiger partial charge on any atom is -0.467 e. The van der Waals surface area contributed by atoms with E-state index in [1.807, 2.05) is 24.3 Å². The number of halogens is 3. The van der Waals surface area contributed by atoms with E-state index in [2.05, 4.69) is 0 Å². The largest absolute Gasteiger partial charge is 0.467 e. The standard InChI is InChI=1S/C16H12F3NO2S/c17-16(18,19)10-20(9-12-5-3-7-22-12)15(21)14-8-11-4-1-2-6-13(11)23-14/h1-8H,9-10H2. The van der Waals surface area contributed by atoms with Gasteiger partial charge in [-0.3, -0.25) is 4.79 Å². The molecule has 0 saturated heterocycles. The Morgan fingerprint density at radius 2 is 1.96 bits per heavy atom. The highest BCUT2D eigenvalue weighted by Crippen LogP contribution is 2.28. The second-order valence-corrected chi connectivity index (χ2v) is 6.09. The molecule has 0 N–H and O–H groups in total. The van der Waals surface area contributed by atoms with Crippen LogP contribution in [-0.4, -0.2) is 23.5 Å². The normalized spacial score (nSPS) is 11.8. The number of hydrogen-bond donors (Lipinski definition) is 0. The number of amides is 1. The number of carbonyl (C=O) groups excluding carboxylic acids is 1. The molecule has 3 rings (SSSR count). The first-order valence-electron chi connectivity index (χ1n) is 6.79. The predicted molar refractivity (Wildman–Crippen MR) is 81.3 cm³/mol. The summed E-state index contributed by atoms with van der Waals surface area (Å²) in [6.07, 6.45) is -3.11. The molecule has 2 heterocycles. The Bertz CT molecular complexity index is 775. The molecule has 23 heavy (non-hydrogen) atoms. The molecule has 0 saturated carbocycles. The third-order valence-electron chi connectivity index (χ3n) is 3.22. The molecule has 0 unspecified atom stereocenters. The van der Waals surface area contributed by atoms with Crippen LogP contribution in [0, 0.1) is 0 Å². The van der Waals surface area contributed by atoms with Gasteiger partial charge in [-0.1, -0.05) is 18.2 Å². The summed E-state index contributed by atoms with van der Waals surface area (Å²) >= 11 is 1.18. The van der Waals surface area contributed by atoms with Gasteiger partial charge in [0.2, 0.25) is 0 Å². The lowest BCUT2D eigenvalue weighted by Gasteiger charge is -2.22. The van der Waals surface area contributed by atoms with E-state index in [-0.39, 0.29) is 11.4 Å². The zero-order valence-corrected chi connectivity index (χ0v) is 12.7. The Hall–Kier alpha value is -2.28. The van der Waals surface area contributed by atoms with E-state index < -0.39 is 18.6 Å². The van der Waals surface area contributed by atoms with Crippen molar-refractivity contribution in [3.63, 3.8) is 0 Å². The van der Waals surface area contributed by atoms with Crippen molar-refractivity contribution in [1.29, 1.82) is 0 Å². The monoisotopic (exact) mass is 339 g/mol. The molecule has 0 radical (unpaired) electrons. The van der Waals surface area contributed by atoms with Crippen molar-refractivity contribution in [2.45, 2.75) is 12.7 Å². The fraction of sp³-hybridized carbons (Fsp3) is 0.188. The Kier molecular flexibility index (Phi) is 4.12. The number of nitrogens with zero attached hydrogens (tertiary/aromatic N) is 1. The molecule has 0 atom stereocenters. The van der Waals surface area contributed by atoms with Crippen molar-refractivity contribution in [2.75, 3.05) is 6.54 Å². The van der Waals surface area contributed by atoms with Gasteiger partial charge in [-0.2, -0.15) is 13.2 Å². The van der Waals surface area contributed by atoms with E-state index in [0.29, 0.717) is 5.76 Å². The van der Waals surface area contributed by atoms with Crippen molar-refractivity contribution in [2.24, 2.45) is 0 Å². The number of thiophene rings is 1. The smallest absolute Gasteiger partial charge is 0.406 e. The van der Waals surface area contributed by atoms with Gasteiger partial charge in [0.1, 0.15) is 12.3 Å². The molecule has 0 aliphatic rings. The maximum atomic E-state index is 12.8. The maximum absolute atomic E-state index is 12.8. The Balaban J connectivity index is 1.89. The summed E-state index contributed by atoms with van der Waals surface area (Å²) in [5, 5.41) is 0.839. The van der Waals surface area contributed by atoms with Crippen LogP contribution in [0.3, 0.4) is 0 Å². The molecule has 0 aliphatic heterocycles. The van der Waals surface area contributed by atoms with Gasteiger partial charge < -0.3 is 9.32 Å². The van der Waals surface area contributed by atoms with E-state index in [9.17, 15) is 18.0 Å². The third kappa shape index (κ3) is 3.73. The number of fused-ring (bicyclic) bond motifs is 1. The minimum atomic E-state index is -4.47. The highest BCUT2D eigenvalue weighted by atomic mass is 32.1. The Morgan fingerprint density at radius 1 is 1.17 bits per heavy atom. The lowest BCUT2D eigenvalue weighted by molar-refractivity contribution is -0.142. The molecular formula is C16H12F3NO2S. The van der Waals surface area contributed by atoms with Gasteiger partial charge in [-0.15, -0.1) is 11.3 Å². The quantitative estimate of drug-likeness (QED) is 0.690. The van der Waals surface area contributed by atoms with Gasteiger partial charge in [0.15, 0.2) is 0 Å². The van der Waals surface area contributed by atoms with E-state index in [4.69, 9.17) is 4.42 Å². The van der Waals surface area contributed by atoms with Crippen LogP contribution in [0.15, 0.2) is 53.1 Å². The van der Waals surface area contributed by atoms with Crippen molar-refractivity contribution in [3.8, 4) is 0 Å². The van der Waals surface area contributed by atoms with E-state index in [1.165, 1.54) is 17.6 Å². The number of furan rings is 1. The maximum Gasteiger partial charge on any atom is 0.406 e. The Morgan fingerprint density at radius 3 is 2.61 bits per heavy atom. The first kappa shape index (κ1) is 15.6. The fourth-order valence-electron chi connectivity index (χ4n) is 2.25. The number of rotatable bonds is 4. The van der Waals surface area contributed by atoms with E-state index in [0.717, 1.165) is 15.0 Å². The highest BCUT2D eigenvalue weighted by Gasteiger charge is 2.34. The molecule has 0 aliphatic carbocycles. The van der Waals surface area contributed by atoms with Crippen molar-refractivity contribution in [1.82, 2.24) is 4.90 Å². The van der Waals surface area contributed by atoms with Crippen LogP contribution in [0.2, 0.25) is 0 Å². The van der Waals surface area contributed by atoms with Gasteiger partial charge in [0.05, 0.1) is 17.7 Å². The van der Waals surface area contributed by atoms with Gasteiger partial charge >= 0.3 is 6.18 Å². The van der Waals surface area contributed by atoms with Crippen LogP contribution >= 0.6 is 11.3 Å². The first-order valence-corrected chi connectivity index (χ1v) is 7.61. The van der Waals surface area contributed by atoms with E-state index in [1.54, 1.807) is 18.2 Å². The fourth-order valence-corrected chi connectivity index (χ4v) is 3.28. The highest BCUT2D eigenvalue weighted by molar-refractivity contribution is 7.20. The molecule has 0 bridgehead atoms. The lowest BCUT2D eigenvalue weighted by atomic mass is 10.2. The lowest BCUT2D eigenvalue weighted by Crippen LogP contribution is -2.38. The number of carbonyl (C=O) groups is 1.